The van der Waals surface area contributed by atoms with Crippen LogP contribution in [0.5, 0.6) is 0 Å². The Morgan fingerprint density at radius 3 is 2.18 bits per heavy atom. The molecule has 0 fully saturated rings. The van der Waals surface area contributed by atoms with E-state index in [1.54, 1.807) is 6.33 Å². The first-order valence-electron chi connectivity index (χ1n) is 8.03. The van der Waals surface area contributed by atoms with Crippen molar-refractivity contribution >= 4 is 0 Å². The smallest absolute Gasteiger partial charge is 0.115 e. The van der Waals surface area contributed by atoms with Gasteiger partial charge in [-0.2, -0.15) is 0 Å². The van der Waals surface area contributed by atoms with E-state index in [1.165, 1.54) is 11.1 Å². The number of rotatable bonds is 3. The van der Waals surface area contributed by atoms with Crippen molar-refractivity contribution in [3.63, 3.8) is 0 Å². The summed E-state index contributed by atoms with van der Waals surface area (Å²) in [6, 6.07) is 11.0. The predicted molar refractivity (Wildman–Crippen MR) is 93.1 cm³/mol. The summed E-state index contributed by atoms with van der Waals surface area (Å²) in [6.45, 7) is 13.5. The second-order valence-corrected chi connectivity index (χ2v) is 8.37. The Morgan fingerprint density at radius 2 is 1.55 bits per heavy atom. The lowest BCUT2D eigenvalue weighted by Crippen LogP contribution is -2.12. The molecule has 2 aromatic rings. The van der Waals surface area contributed by atoms with E-state index in [0.29, 0.717) is 0 Å². The molecule has 2 heteroatoms. The summed E-state index contributed by atoms with van der Waals surface area (Å²) in [4.78, 5) is 8.86. The third-order valence-corrected chi connectivity index (χ3v) is 3.67. The second-order valence-electron chi connectivity index (χ2n) is 8.37. The summed E-state index contributed by atoms with van der Waals surface area (Å²) in [5, 5.41) is 0. The van der Waals surface area contributed by atoms with Crippen LogP contribution in [0.2, 0.25) is 0 Å². The van der Waals surface area contributed by atoms with Crippen molar-refractivity contribution in [2.24, 2.45) is 5.41 Å². The van der Waals surface area contributed by atoms with Crippen LogP contribution in [0.1, 0.15) is 64.1 Å². The number of aromatic nitrogens is 2. The monoisotopic (exact) mass is 296 g/mol. The molecule has 1 aromatic carbocycles. The highest BCUT2D eigenvalue weighted by molar-refractivity contribution is 5.31. The van der Waals surface area contributed by atoms with Gasteiger partial charge in [0.2, 0.25) is 0 Å². The van der Waals surface area contributed by atoms with E-state index < -0.39 is 0 Å². The Kier molecular flexibility index (Phi) is 4.69. The first kappa shape index (κ1) is 16.7. The lowest BCUT2D eigenvalue weighted by atomic mass is 9.86. The van der Waals surface area contributed by atoms with E-state index in [2.05, 4.69) is 81.8 Å². The molecule has 2 nitrogen and oxygen atoms in total. The predicted octanol–water partition coefficient (Wildman–Crippen LogP) is 4.95. The van der Waals surface area contributed by atoms with E-state index in [9.17, 15) is 0 Å². The average Bonchev–Trinajstić information content (AvgIpc) is 2.36. The van der Waals surface area contributed by atoms with Crippen molar-refractivity contribution in [3.8, 4) is 0 Å². The number of benzene rings is 1. The van der Waals surface area contributed by atoms with Gasteiger partial charge in [-0.15, -0.1) is 0 Å². The summed E-state index contributed by atoms with van der Waals surface area (Å²) in [7, 11) is 0. The quantitative estimate of drug-likeness (QED) is 0.800. The fraction of sp³-hybridized carbons (Fsp3) is 0.500. The molecule has 0 saturated carbocycles. The molecule has 22 heavy (non-hydrogen) atoms. The molecule has 0 spiro atoms. The maximum atomic E-state index is 4.45. The molecule has 1 aromatic heterocycles. The molecule has 0 saturated heterocycles. The van der Waals surface area contributed by atoms with E-state index in [4.69, 9.17) is 0 Å². The molecular weight excluding hydrogens is 268 g/mol. The lowest BCUT2D eigenvalue weighted by Gasteiger charge is -2.20. The van der Waals surface area contributed by atoms with E-state index in [1.807, 2.05) is 0 Å². The van der Waals surface area contributed by atoms with Crippen LogP contribution in [-0.2, 0) is 18.3 Å². The standard InChI is InChI=1S/C20H28N2/c1-19(2,3)13-18-12-17(21-14-22-18)11-15-8-7-9-16(10-15)20(4,5)6/h7-10,12,14H,11,13H2,1-6H3. The van der Waals surface area contributed by atoms with Crippen LogP contribution in [0, 0.1) is 5.41 Å². The fourth-order valence-corrected chi connectivity index (χ4v) is 2.54. The maximum Gasteiger partial charge on any atom is 0.115 e. The van der Waals surface area contributed by atoms with Gasteiger partial charge < -0.3 is 0 Å². The molecule has 0 aliphatic heterocycles. The topological polar surface area (TPSA) is 25.8 Å². The van der Waals surface area contributed by atoms with Gasteiger partial charge in [-0.1, -0.05) is 65.8 Å². The van der Waals surface area contributed by atoms with Gasteiger partial charge in [0.05, 0.1) is 0 Å². The molecule has 0 amide bonds. The van der Waals surface area contributed by atoms with E-state index >= 15 is 0 Å². The van der Waals surface area contributed by atoms with E-state index in [0.717, 1.165) is 24.2 Å². The Morgan fingerprint density at radius 1 is 0.864 bits per heavy atom. The normalized spacial score (nSPS) is 12.5. The molecule has 0 aliphatic rings. The zero-order valence-electron chi connectivity index (χ0n) is 14.8. The third kappa shape index (κ3) is 4.94. The molecule has 2 rings (SSSR count). The largest absolute Gasteiger partial charge is 0.241 e. The molecule has 0 N–H and O–H groups in total. The Balaban J connectivity index is 2.19. The van der Waals surface area contributed by atoms with Gasteiger partial charge in [0, 0.05) is 17.8 Å². The molecule has 1 heterocycles. The summed E-state index contributed by atoms with van der Waals surface area (Å²) in [6.07, 6.45) is 3.54. The van der Waals surface area contributed by atoms with E-state index in [-0.39, 0.29) is 10.8 Å². The van der Waals surface area contributed by atoms with Crippen LogP contribution in [0.4, 0.5) is 0 Å². The van der Waals surface area contributed by atoms with Crippen molar-refractivity contribution in [2.75, 3.05) is 0 Å². The Hall–Kier alpha value is -1.70. The summed E-state index contributed by atoms with van der Waals surface area (Å²) in [5.74, 6) is 0. The average molecular weight is 296 g/mol. The Labute approximate surface area is 135 Å². The molecular formula is C20H28N2. The van der Waals surface area contributed by atoms with Crippen molar-refractivity contribution in [1.29, 1.82) is 0 Å². The van der Waals surface area contributed by atoms with Crippen molar-refractivity contribution < 1.29 is 0 Å². The van der Waals surface area contributed by atoms with Crippen LogP contribution in [-0.4, -0.2) is 9.97 Å². The van der Waals surface area contributed by atoms with Crippen LogP contribution in [0.15, 0.2) is 36.7 Å². The van der Waals surface area contributed by atoms with Crippen molar-refractivity contribution in [3.05, 3.63) is 59.2 Å². The lowest BCUT2D eigenvalue weighted by molar-refractivity contribution is 0.406. The third-order valence-electron chi connectivity index (χ3n) is 3.67. The summed E-state index contributed by atoms with van der Waals surface area (Å²) in [5.41, 5.74) is 5.34. The van der Waals surface area contributed by atoms with Crippen LogP contribution < -0.4 is 0 Å². The van der Waals surface area contributed by atoms with Gasteiger partial charge in [-0.25, -0.2) is 9.97 Å². The molecule has 0 unspecified atom stereocenters. The minimum Gasteiger partial charge on any atom is -0.241 e. The van der Waals surface area contributed by atoms with Crippen molar-refractivity contribution in [1.82, 2.24) is 9.97 Å². The minimum absolute atomic E-state index is 0.180. The minimum atomic E-state index is 0.180. The van der Waals surface area contributed by atoms with Gasteiger partial charge >= 0.3 is 0 Å². The van der Waals surface area contributed by atoms with Crippen LogP contribution >= 0.6 is 0 Å². The van der Waals surface area contributed by atoms with Crippen molar-refractivity contribution in [2.45, 2.75) is 59.8 Å². The van der Waals surface area contributed by atoms with Gasteiger partial charge in [-0.05, 0) is 34.4 Å². The zero-order valence-corrected chi connectivity index (χ0v) is 14.8. The fourth-order valence-electron chi connectivity index (χ4n) is 2.54. The summed E-state index contributed by atoms with van der Waals surface area (Å²) >= 11 is 0. The first-order chi connectivity index (χ1) is 10.1. The molecule has 118 valence electrons. The SMILES string of the molecule is CC(C)(C)Cc1cc(Cc2cccc(C(C)(C)C)c2)ncn1. The van der Waals surface area contributed by atoms with Gasteiger partial charge in [0.15, 0.2) is 0 Å². The van der Waals surface area contributed by atoms with Crippen LogP contribution in [0.3, 0.4) is 0 Å². The number of hydrogen-bond acceptors (Lipinski definition) is 2. The number of nitrogens with zero attached hydrogens (tertiary/aromatic N) is 2. The molecule has 0 atom stereocenters. The van der Waals surface area contributed by atoms with Gasteiger partial charge in [-0.3, -0.25) is 0 Å². The number of hydrogen-bond donors (Lipinski definition) is 0. The highest BCUT2D eigenvalue weighted by Gasteiger charge is 2.15. The highest BCUT2D eigenvalue weighted by Crippen LogP contribution is 2.24. The molecule has 0 aliphatic carbocycles. The zero-order chi connectivity index (χ0) is 16.4. The second kappa shape index (κ2) is 6.20. The van der Waals surface area contributed by atoms with Gasteiger partial charge in [0.1, 0.15) is 6.33 Å². The molecule has 0 radical (unpaired) electrons. The Bertz CT molecular complexity index is 631. The highest BCUT2D eigenvalue weighted by atomic mass is 14.8. The molecule has 0 bridgehead atoms. The first-order valence-corrected chi connectivity index (χ1v) is 8.03. The maximum absolute atomic E-state index is 4.45. The summed E-state index contributed by atoms with van der Waals surface area (Å²) < 4.78 is 0. The van der Waals surface area contributed by atoms with Crippen LogP contribution in [0.25, 0.3) is 0 Å². The van der Waals surface area contributed by atoms with Gasteiger partial charge in [0.25, 0.3) is 0 Å².